The van der Waals surface area contributed by atoms with Crippen LogP contribution in [-0.2, 0) is 0 Å². The molecule has 0 aliphatic rings. The fraction of sp³-hybridized carbons (Fsp3) is 0. The second kappa shape index (κ2) is 4.23. The molecule has 70 valence electrons. The van der Waals surface area contributed by atoms with Crippen molar-refractivity contribution in [2.75, 3.05) is 0 Å². The summed E-state index contributed by atoms with van der Waals surface area (Å²) >= 11 is 0. The van der Waals surface area contributed by atoms with Crippen LogP contribution in [0, 0.1) is 0 Å². The van der Waals surface area contributed by atoms with Crippen LogP contribution in [0.5, 0.6) is 0 Å². The number of rotatable bonds is 3. The summed E-state index contributed by atoms with van der Waals surface area (Å²) in [6.45, 7) is 0. The van der Waals surface area contributed by atoms with Crippen molar-refractivity contribution in [3.05, 3.63) is 48.3 Å². The molecule has 2 heterocycles. The molecule has 2 aromatic rings. The van der Waals surface area contributed by atoms with Crippen molar-refractivity contribution in [3.63, 3.8) is 0 Å². The third-order valence-corrected chi connectivity index (χ3v) is 1.57. The highest BCUT2D eigenvalue weighted by atomic mass is 16.3. The predicted octanol–water partition coefficient (Wildman–Crippen LogP) is 2.33. The van der Waals surface area contributed by atoms with Crippen LogP contribution in [0.3, 0.4) is 0 Å². The van der Waals surface area contributed by atoms with Crippen molar-refractivity contribution < 1.29 is 8.83 Å². The summed E-state index contributed by atoms with van der Waals surface area (Å²) in [5.74, 6) is 0. The molecule has 0 aromatic carbocycles. The molecule has 0 saturated carbocycles. The molecule has 4 nitrogen and oxygen atoms in total. The first-order valence-electron chi connectivity index (χ1n) is 4.06. The number of hydrogen-bond acceptors (Lipinski definition) is 4. The van der Waals surface area contributed by atoms with E-state index in [1.165, 1.54) is 0 Å². The van der Waals surface area contributed by atoms with E-state index in [1.54, 1.807) is 49.6 Å². The molecule has 2 rings (SSSR count). The highest BCUT2D eigenvalue weighted by Gasteiger charge is 1.87. The maximum atomic E-state index is 4.86. The van der Waals surface area contributed by atoms with Gasteiger partial charge in [-0.2, -0.15) is 10.2 Å². The third kappa shape index (κ3) is 2.20. The molecule has 0 saturated heterocycles. The average molecular weight is 188 g/mol. The molecule has 0 spiro atoms. The largest absolute Gasteiger partial charge is 0.472 e. The van der Waals surface area contributed by atoms with Gasteiger partial charge in [0, 0.05) is 11.1 Å². The molecule has 0 aliphatic heterocycles. The van der Waals surface area contributed by atoms with Gasteiger partial charge in [0.2, 0.25) is 0 Å². The van der Waals surface area contributed by atoms with Crippen molar-refractivity contribution in [2.24, 2.45) is 10.2 Å². The van der Waals surface area contributed by atoms with Crippen LogP contribution >= 0.6 is 0 Å². The number of furan rings is 2. The quantitative estimate of drug-likeness (QED) is 0.548. The number of nitrogens with zero attached hydrogens (tertiary/aromatic N) is 2. The molecular weight excluding hydrogens is 180 g/mol. The van der Waals surface area contributed by atoms with Crippen LogP contribution in [0.15, 0.2) is 56.2 Å². The summed E-state index contributed by atoms with van der Waals surface area (Å²) < 4.78 is 9.72. The van der Waals surface area contributed by atoms with Gasteiger partial charge in [0.15, 0.2) is 0 Å². The van der Waals surface area contributed by atoms with Gasteiger partial charge in [0.05, 0.1) is 37.5 Å². The summed E-state index contributed by atoms with van der Waals surface area (Å²) in [6.07, 6.45) is 9.58. The minimum absolute atomic E-state index is 0.884. The third-order valence-electron chi connectivity index (χ3n) is 1.57. The van der Waals surface area contributed by atoms with Crippen LogP contribution in [0.25, 0.3) is 0 Å². The second-order valence-electron chi connectivity index (χ2n) is 2.60. The number of hydrogen-bond donors (Lipinski definition) is 0. The molecule has 14 heavy (non-hydrogen) atoms. The Bertz CT molecular complexity index is 371. The molecule has 2 aromatic heterocycles. The first-order valence-corrected chi connectivity index (χ1v) is 4.06. The van der Waals surface area contributed by atoms with E-state index >= 15 is 0 Å². The molecule has 0 atom stereocenters. The van der Waals surface area contributed by atoms with Crippen LogP contribution in [0.1, 0.15) is 11.1 Å². The highest BCUT2D eigenvalue weighted by molar-refractivity contribution is 5.81. The van der Waals surface area contributed by atoms with E-state index in [0.717, 1.165) is 11.1 Å². The molecule has 0 amide bonds. The Morgan fingerprint density at radius 2 is 1.36 bits per heavy atom. The van der Waals surface area contributed by atoms with E-state index < -0.39 is 0 Å². The second-order valence-corrected chi connectivity index (χ2v) is 2.60. The van der Waals surface area contributed by atoms with Crippen molar-refractivity contribution in [1.82, 2.24) is 0 Å². The van der Waals surface area contributed by atoms with E-state index in [-0.39, 0.29) is 0 Å². The highest BCUT2D eigenvalue weighted by Crippen LogP contribution is 1.97. The lowest BCUT2D eigenvalue weighted by molar-refractivity contribution is 0.566. The molecule has 0 unspecified atom stereocenters. The van der Waals surface area contributed by atoms with Crippen molar-refractivity contribution >= 4 is 12.4 Å². The summed E-state index contributed by atoms with van der Waals surface area (Å²) in [5, 5.41) is 7.66. The van der Waals surface area contributed by atoms with Crippen LogP contribution < -0.4 is 0 Å². The molecular formula is C10H8N2O2. The molecule has 0 fully saturated rings. The standard InChI is InChI=1S/C10H8N2O2/c1-3-13-7-9(1)5-11-12-6-10-2-4-14-8-10/h1-8H. The fourth-order valence-corrected chi connectivity index (χ4v) is 0.897. The Kier molecular flexibility index (Phi) is 2.56. The van der Waals surface area contributed by atoms with Crippen molar-refractivity contribution in [2.45, 2.75) is 0 Å². The molecule has 0 N–H and O–H groups in total. The first-order chi connectivity index (χ1) is 6.95. The van der Waals surface area contributed by atoms with Crippen LogP contribution in [0.2, 0.25) is 0 Å². The summed E-state index contributed by atoms with van der Waals surface area (Å²) in [5.41, 5.74) is 1.77. The van der Waals surface area contributed by atoms with Gasteiger partial charge in [-0.1, -0.05) is 0 Å². The maximum absolute atomic E-state index is 4.86. The van der Waals surface area contributed by atoms with E-state index in [1.807, 2.05) is 0 Å². The fourth-order valence-electron chi connectivity index (χ4n) is 0.897. The topological polar surface area (TPSA) is 51.0 Å². The van der Waals surface area contributed by atoms with Gasteiger partial charge in [-0.15, -0.1) is 0 Å². The normalized spacial score (nSPS) is 11.7. The molecule has 4 heteroatoms. The zero-order valence-corrected chi connectivity index (χ0v) is 7.33. The van der Waals surface area contributed by atoms with Gasteiger partial charge >= 0.3 is 0 Å². The molecule has 0 radical (unpaired) electrons. The zero-order chi connectivity index (χ0) is 9.64. The smallest absolute Gasteiger partial charge is 0.0991 e. The van der Waals surface area contributed by atoms with E-state index in [2.05, 4.69) is 10.2 Å². The summed E-state index contributed by atoms with van der Waals surface area (Å²) in [4.78, 5) is 0. The summed E-state index contributed by atoms with van der Waals surface area (Å²) in [6, 6.07) is 3.60. The maximum Gasteiger partial charge on any atom is 0.0991 e. The van der Waals surface area contributed by atoms with Gasteiger partial charge in [0.1, 0.15) is 0 Å². The Labute approximate surface area is 80.6 Å². The van der Waals surface area contributed by atoms with E-state index in [0.29, 0.717) is 0 Å². The minimum atomic E-state index is 0.884. The predicted molar refractivity (Wildman–Crippen MR) is 52.6 cm³/mol. The Balaban J connectivity index is 1.94. The van der Waals surface area contributed by atoms with Gasteiger partial charge in [-0.25, -0.2) is 0 Å². The minimum Gasteiger partial charge on any atom is -0.472 e. The van der Waals surface area contributed by atoms with Crippen LogP contribution in [0.4, 0.5) is 0 Å². The van der Waals surface area contributed by atoms with E-state index in [9.17, 15) is 0 Å². The van der Waals surface area contributed by atoms with Crippen molar-refractivity contribution in [3.8, 4) is 0 Å². The Morgan fingerprint density at radius 1 is 0.857 bits per heavy atom. The van der Waals surface area contributed by atoms with Gasteiger partial charge < -0.3 is 8.83 Å². The van der Waals surface area contributed by atoms with E-state index in [4.69, 9.17) is 8.83 Å². The lowest BCUT2D eigenvalue weighted by Crippen LogP contribution is -1.74. The van der Waals surface area contributed by atoms with Gasteiger partial charge in [0.25, 0.3) is 0 Å². The van der Waals surface area contributed by atoms with Gasteiger partial charge in [-0.05, 0) is 12.1 Å². The first kappa shape index (κ1) is 8.50. The van der Waals surface area contributed by atoms with Gasteiger partial charge in [-0.3, -0.25) is 0 Å². The average Bonchev–Trinajstić information content (AvgIpc) is 2.86. The summed E-state index contributed by atoms with van der Waals surface area (Å²) in [7, 11) is 0. The lowest BCUT2D eigenvalue weighted by Gasteiger charge is -1.79. The molecule has 0 bridgehead atoms. The lowest BCUT2D eigenvalue weighted by atomic mass is 10.4. The Hall–Kier alpha value is -2.10. The zero-order valence-electron chi connectivity index (χ0n) is 7.33. The Morgan fingerprint density at radius 3 is 1.71 bits per heavy atom. The van der Waals surface area contributed by atoms with Crippen molar-refractivity contribution in [1.29, 1.82) is 0 Å². The monoisotopic (exact) mass is 188 g/mol. The van der Waals surface area contributed by atoms with Crippen LogP contribution in [-0.4, -0.2) is 12.4 Å². The molecule has 0 aliphatic carbocycles. The SMILES string of the molecule is C(=NN=Cc1ccoc1)c1ccoc1.